The normalized spacial score (nSPS) is 12.2. The van der Waals surface area contributed by atoms with Gasteiger partial charge in [0, 0.05) is 16.6 Å². The van der Waals surface area contributed by atoms with E-state index in [4.69, 9.17) is 5.84 Å². The fourth-order valence-corrected chi connectivity index (χ4v) is 2.44. The molecule has 0 aliphatic heterocycles. The SMILES string of the molecule is Cc1ccc(C)c(SCC(C)C(=O)NN)c1. The number of carbonyl (C=O) groups excluding carboxylic acids is 1. The van der Waals surface area contributed by atoms with Gasteiger partial charge in [0.25, 0.3) is 0 Å². The lowest BCUT2D eigenvalue weighted by molar-refractivity contribution is -0.123. The first kappa shape index (κ1) is 13.1. The van der Waals surface area contributed by atoms with Crippen LogP contribution in [0, 0.1) is 19.8 Å². The highest BCUT2D eigenvalue weighted by molar-refractivity contribution is 7.99. The fraction of sp³-hybridized carbons (Fsp3) is 0.417. The van der Waals surface area contributed by atoms with Crippen molar-refractivity contribution < 1.29 is 4.79 Å². The standard InChI is InChI=1S/C12H18N2OS/c1-8-4-5-9(2)11(6-8)16-7-10(3)12(15)14-13/h4-6,10H,7,13H2,1-3H3,(H,14,15). The molecule has 0 heterocycles. The average Bonchev–Trinajstić information content (AvgIpc) is 2.28. The largest absolute Gasteiger partial charge is 0.294 e. The molecule has 3 nitrogen and oxygen atoms in total. The number of carbonyl (C=O) groups is 1. The van der Waals surface area contributed by atoms with E-state index in [-0.39, 0.29) is 11.8 Å². The summed E-state index contributed by atoms with van der Waals surface area (Å²) < 4.78 is 0. The van der Waals surface area contributed by atoms with Crippen molar-refractivity contribution in [1.29, 1.82) is 0 Å². The molecule has 4 heteroatoms. The van der Waals surface area contributed by atoms with Gasteiger partial charge in [0.2, 0.25) is 5.91 Å². The van der Waals surface area contributed by atoms with Crippen LogP contribution in [0.1, 0.15) is 18.1 Å². The first-order chi connectivity index (χ1) is 7.54. The van der Waals surface area contributed by atoms with E-state index in [0.717, 1.165) is 5.75 Å². The molecule has 0 saturated heterocycles. The number of benzene rings is 1. The molecule has 1 unspecified atom stereocenters. The van der Waals surface area contributed by atoms with Gasteiger partial charge in [0.1, 0.15) is 0 Å². The number of amides is 1. The quantitative estimate of drug-likeness (QED) is 0.365. The summed E-state index contributed by atoms with van der Waals surface area (Å²) >= 11 is 1.70. The Kier molecular flexibility index (Phi) is 4.83. The summed E-state index contributed by atoms with van der Waals surface area (Å²) in [5, 5.41) is 0. The van der Waals surface area contributed by atoms with Crippen LogP contribution in [0.3, 0.4) is 0 Å². The molecule has 1 atom stereocenters. The average molecular weight is 238 g/mol. The zero-order valence-electron chi connectivity index (χ0n) is 9.91. The molecule has 88 valence electrons. The Hall–Kier alpha value is -1.00. The van der Waals surface area contributed by atoms with Crippen molar-refractivity contribution in [3.63, 3.8) is 0 Å². The third kappa shape index (κ3) is 3.54. The van der Waals surface area contributed by atoms with Gasteiger partial charge in [-0.25, -0.2) is 5.84 Å². The van der Waals surface area contributed by atoms with Crippen molar-refractivity contribution in [2.75, 3.05) is 5.75 Å². The van der Waals surface area contributed by atoms with E-state index in [1.807, 2.05) is 6.92 Å². The lowest BCUT2D eigenvalue weighted by atomic mass is 10.2. The maximum absolute atomic E-state index is 11.2. The van der Waals surface area contributed by atoms with Gasteiger partial charge < -0.3 is 0 Å². The highest BCUT2D eigenvalue weighted by Gasteiger charge is 2.12. The predicted molar refractivity (Wildman–Crippen MR) is 68.1 cm³/mol. The van der Waals surface area contributed by atoms with Gasteiger partial charge in [0.15, 0.2) is 0 Å². The molecular formula is C12H18N2OS. The van der Waals surface area contributed by atoms with E-state index < -0.39 is 0 Å². The smallest absolute Gasteiger partial charge is 0.237 e. The van der Waals surface area contributed by atoms with Gasteiger partial charge >= 0.3 is 0 Å². The molecule has 3 N–H and O–H groups in total. The maximum Gasteiger partial charge on any atom is 0.237 e. The van der Waals surface area contributed by atoms with E-state index in [2.05, 4.69) is 37.5 Å². The van der Waals surface area contributed by atoms with Crippen LogP contribution < -0.4 is 11.3 Å². The molecule has 1 aromatic rings. The van der Waals surface area contributed by atoms with E-state index in [0.29, 0.717) is 0 Å². The second-order valence-corrected chi connectivity index (χ2v) is 5.05. The second kappa shape index (κ2) is 5.92. The number of aryl methyl sites for hydroxylation is 2. The first-order valence-corrected chi connectivity index (χ1v) is 6.23. The van der Waals surface area contributed by atoms with Crippen molar-refractivity contribution in [3.05, 3.63) is 29.3 Å². The maximum atomic E-state index is 11.2. The van der Waals surface area contributed by atoms with Gasteiger partial charge in [-0.2, -0.15) is 0 Å². The third-order valence-corrected chi connectivity index (χ3v) is 3.84. The molecule has 0 aromatic heterocycles. The summed E-state index contributed by atoms with van der Waals surface area (Å²) in [6.45, 7) is 6.02. The van der Waals surface area contributed by atoms with Crippen molar-refractivity contribution >= 4 is 17.7 Å². The Morgan fingerprint density at radius 2 is 2.19 bits per heavy atom. The number of nitrogens with two attached hydrogens (primary N) is 1. The minimum Gasteiger partial charge on any atom is -0.294 e. The van der Waals surface area contributed by atoms with Crippen LogP contribution in [-0.4, -0.2) is 11.7 Å². The van der Waals surface area contributed by atoms with Gasteiger partial charge in [0.05, 0.1) is 0 Å². The number of nitrogens with one attached hydrogen (secondary N) is 1. The molecule has 0 spiro atoms. The van der Waals surface area contributed by atoms with Crippen LogP contribution in [0.2, 0.25) is 0 Å². The number of hydrogen-bond acceptors (Lipinski definition) is 3. The number of hydrogen-bond donors (Lipinski definition) is 2. The summed E-state index contributed by atoms with van der Waals surface area (Å²) in [5.74, 6) is 5.64. The second-order valence-electron chi connectivity index (χ2n) is 3.99. The first-order valence-electron chi connectivity index (χ1n) is 5.25. The van der Waals surface area contributed by atoms with Crippen molar-refractivity contribution in [3.8, 4) is 0 Å². The summed E-state index contributed by atoms with van der Waals surface area (Å²) in [6, 6.07) is 6.34. The van der Waals surface area contributed by atoms with Gasteiger partial charge in [-0.3, -0.25) is 10.2 Å². The van der Waals surface area contributed by atoms with E-state index >= 15 is 0 Å². The molecule has 1 aromatic carbocycles. The Balaban J connectivity index is 2.60. The molecule has 0 fully saturated rings. The van der Waals surface area contributed by atoms with E-state index in [9.17, 15) is 4.79 Å². The van der Waals surface area contributed by atoms with Crippen LogP contribution >= 0.6 is 11.8 Å². The number of rotatable bonds is 4. The Morgan fingerprint density at radius 3 is 2.81 bits per heavy atom. The minimum atomic E-state index is -0.113. The van der Waals surface area contributed by atoms with Crippen LogP contribution in [0.15, 0.2) is 23.1 Å². The molecule has 0 aliphatic carbocycles. The summed E-state index contributed by atoms with van der Waals surface area (Å²) in [4.78, 5) is 12.5. The lowest BCUT2D eigenvalue weighted by Gasteiger charge is -2.11. The topological polar surface area (TPSA) is 55.1 Å². The molecule has 0 aliphatic rings. The van der Waals surface area contributed by atoms with Gasteiger partial charge in [-0.05, 0) is 25.5 Å². The third-order valence-electron chi connectivity index (χ3n) is 2.42. The zero-order chi connectivity index (χ0) is 12.1. The van der Waals surface area contributed by atoms with Crippen molar-refractivity contribution in [2.24, 2.45) is 11.8 Å². The molecule has 0 saturated carbocycles. The molecule has 1 amide bonds. The van der Waals surface area contributed by atoms with Crippen molar-refractivity contribution in [1.82, 2.24) is 5.43 Å². The highest BCUT2D eigenvalue weighted by atomic mass is 32.2. The Labute approximate surface area is 101 Å². The number of hydrazine groups is 1. The number of thioether (sulfide) groups is 1. The lowest BCUT2D eigenvalue weighted by Crippen LogP contribution is -2.35. The van der Waals surface area contributed by atoms with Gasteiger partial charge in [-0.15, -0.1) is 11.8 Å². The summed E-state index contributed by atoms with van der Waals surface area (Å²) in [6.07, 6.45) is 0. The predicted octanol–water partition coefficient (Wildman–Crippen LogP) is 2.02. The van der Waals surface area contributed by atoms with Crippen LogP contribution in [0.25, 0.3) is 0 Å². The molecule has 1 rings (SSSR count). The van der Waals surface area contributed by atoms with E-state index in [1.165, 1.54) is 16.0 Å². The van der Waals surface area contributed by atoms with Gasteiger partial charge in [-0.1, -0.05) is 24.6 Å². The molecule has 0 radical (unpaired) electrons. The molecule has 0 bridgehead atoms. The molecular weight excluding hydrogens is 220 g/mol. The summed E-state index contributed by atoms with van der Waals surface area (Å²) in [5.41, 5.74) is 4.66. The summed E-state index contributed by atoms with van der Waals surface area (Å²) in [7, 11) is 0. The molecule has 16 heavy (non-hydrogen) atoms. The van der Waals surface area contributed by atoms with Crippen LogP contribution in [0.4, 0.5) is 0 Å². The Bertz CT molecular complexity index is 379. The van der Waals surface area contributed by atoms with Crippen molar-refractivity contribution in [2.45, 2.75) is 25.7 Å². The van der Waals surface area contributed by atoms with Crippen LogP contribution in [-0.2, 0) is 4.79 Å². The fourth-order valence-electron chi connectivity index (χ4n) is 1.30. The monoisotopic (exact) mass is 238 g/mol. The minimum absolute atomic E-state index is 0.0742. The highest BCUT2D eigenvalue weighted by Crippen LogP contribution is 2.25. The Morgan fingerprint density at radius 1 is 1.50 bits per heavy atom. The van der Waals surface area contributed by atoms with Crippen LogP contribution in [0.5, 0.6) is 0 Å². The van der Waals surface area contributed by atoms with E-state index in [1.54, 1.807) is 11.8 Å². The zero-order valence-corrected chi connectivity index (χ0v) is 10.7.